The number of rotatable bonds is 3. The number of pyridine rings is 1. The molecule has 0 spiro atoms. The average molecular weight is 256 g/mol. The first-order valence-corrected chi connectivity index (χ1v) is 6.52. The summed E-state index contributed by atoms with van der Waals surface area (Å²) in [7, 11) is 0. The van der Waals surface area contributed by atoms with Crippen LogP contribution in [0.25, 0.3) is 10.8 Å². The Bertz CT molecular complexity index is 664. The van der Waals surface area contributed by atoms with Gasteiger partial charge in [-0.2, -0.15) is 0 Å². The number of hydrogen-bond acceptors (Lipinski definition) is 5. The van der Waals surface area contributed by atoms with Gasteiger partial charge in [-0.15, -0.1) is 11.3 Å². The van der Waals surface area contributed by atoms with Crippen LogP contribution in [0.15, 0.2) is 41.5 Å². The molecular weight excluding hydrogens is 244 g/mol. The quantitative estimate of drug-likeness (QED) is 0.707. The number of hydrogen-bond donors (Lipinski definition) is 2. The summed E-state index contributed by atoms with van der Waals surface area (Å²) in [5.74, 6) is 0. The Morgan fingerprint density at radius 1 is 1.22 bits per heavy atom. The minimum atomic E-state index is 0.713. The van der Waals surface area contributed by atoms with Gasteiger partial charge in [-0.05, 0) is 18.2 Å². The van der Waals surface area contributed by atoms with Gasteiger partial charge in [0.25, 0.3) is 0 Å². The molecule has 3 aromatic rings. The maximum absolute atomic E-state index is 5.94. The van der Waals surface area contributed by atoms with E-state index in [-0.39, 0.29) is 0 Å². The van der Waals surface area contributed by atoms with E-state index in [4.69, 9.17) is 5.73 Å². The zero-order chi connectivity index (χ0) is 12.4. The fraction of sp³-hybridized carbons (Fsp3) is 0.0769. The molecular formula is C13H12N4S. The highest BCUT2D eigenvalue weighted by Gasteiger charge is 2.04. The van der Waals surface area contributed by atoms with Gasteiger partial charge in [0.15, 0.2) is 0 Å². The predicted octanol–water partition coefficient (Wildman–Crippen LogP) is 2.89. The second-order valence-electron chi connectivity index (χ2n) is 3.96. The van der Waals surface area contributed by atoms with Crippen molar-refractivity contribution in [3.63, 3.8) is 0 Å². The summed E-state index contributed by atoms with van der Waals surface area (Å²) in [6.07, 6.45) is 3.56. The molecule has 0 aliphatic carbocycles. The largest absolute Gasteiger partial charge is 0.398 e. The van der Waals surface area contributed by atoms with Crippen LogP contribution in [0.3, 0.4) is 0 Å². The lowest BCUT2D eigenvalue weighted by Crippen LogP contribution is -2.01. The number of aromatic nitrogens is 2. The van der Waals surface area contributed by atoms with E-state index in [0.717, 1.165) is 27.8 Å². The minimum Gasteiger partial charge on any atom is -0.398 e. The number of anilines is 2. The monoisotopic (exact) mass is 256 g/mol. The summed E-state index contributed by atoms with van der Waals surface area (Å²) in [4.78, 5) is 8.35. The Labute approximate surface area is 109 Å². The number of nitrogen functional groups attached to an aromatic ring is 1. The van der Waals surface area contributed by atoms with Gasteiger partial charge in [-0.25, -0.2) is 4.98 Å². The molecule has 18 heavy (non-hydrogen) atoms. The zero-order valence-corrected chi connectivity index (χ0v) is 10.4. The molecule has 0 bridgehead atoms. The molecule has 0 radical (unpaired) electrons. The molecule has 0 aliphatic heterocycles. The average Bonchev–Trinajstić information content (AvgIpc) is 2.92. The van der Waals surface area contributed by atoms with Gasteiger partial charge in [0.1, 0.15) is 0 Å². The molecule has 4 nitrogen and oxygen atoms in total. The third-order valence-electron chi connectivity index (χ3n) is 2.80. The number of fused-ring (bicyclic) bond motifs is 1. The van der Waals surface area contributed by atoms with Crippen LogP contribution in [0.4, 0.5) is 11.4 Å². The standard InChI is InChI=1S/C13H12N4S/c14-12-1-2-13(10-3-4-15-6-11(10)12)16-5-9-7-18-8-17-9/h1-4,6-8,16H,5,14H2. The van der Waals surface area contributed by atoms with Gasteiger partial charge >= 0.3 is 0 Å². The first-order chi connectivity index (χ1) is 8.84. The number of thiazole rings is 1. The number of benzene rings is 1. The van der Waals surface area contributed by atoms with Crippen molar-refractivity contribution in [1.82, 2.24) is 9.97 Å². The van der Waals surface area contributed by atoms with E-state index in [1.165, 1.54) is 0 Å². The summed E-state index contributed by atoms with van der Waals surface area (Å²) in [5.41, 5.74) is 10.6. The minimum absolute atomic E-state index is 0.713. The zero-order valence-electron chi connectivity index (χ0n) is 9.63. The SMILES string of the molecule is Nc1ccc(NCc2cscn2)c2ccncc12. The first kappa shape index (κ1) is 11.0. The smallest absolute Gasteiger partial charge is 0.0795 e. The van der Waals surface area contributed by atoms with Gasteiger partial charge in [0, 0.05) is 39.9 Å². The van der Waals surface area contributed by atoms with Crippen LogP contribution >= 0.6 is 11.3 Å². The molecule has 0 unspecified atom stereocenters. The fourth-order valence-electron chi connectivity index (χ4n) is 1.88. The Balaban J connectivity index is 1.94. The topological polar surface area (TPSA) is 63.8 Å². The van der Waals surface area contributed by atoms with Crippen molar-refractivity contribution in [3.8, 4) is 0 Å². The van der Waals surface area contributed by atoms with Crippen molar-refractivity contribution >= 4 is 33.5 Å². The summed E-state index contributed by atoms with van der Waals surface area (Å²) >= 11 is 1.60. The number of nitrogens with two attached hydrogens (primary N) is 1. The number of nitrogens with zero attached hydrogens (tertiary/aromatic N) is 2. The van der Waals surface area contributed by atoms with Crippen LogP contribution in [0, 0.1) is 0 Å². The third-order valence-corrected chi connectivity index (χ3v) is 3.43. The van der Waals surface area contributed by atoms with Crippen LogP contribution in [0.5, 0.6) is 0 Å². The lowest BCUT2D eigenvalue weighted by Gasteiger charge is -2.10. The van der Waals surface area contributed by atoms with Crippen molar-refractivity contribution in [1.29, 1.82) is 0 Å². The molecule has 3 N–H and O–H groups in total. The molecule has 0 saturated carbocycles. The molecule has 0 aliphatic rings. The highest BCUT2D eigenvalue weighted by molar-refractivity contribution is 7.07. The molecule has 90 valence electrons. The first-order valence-electron chi connectivity index (χ1n) is 5.58. The lowest BCUT2D eigenvalue weighted by atomic mass is 10.1. The van der Waals surface area contributed by atoms with Crippen molar-refractivity contribution in [2.45, 2.75) is 6.54 Å². The second kappa shape index (κ2) is 4.62. The van der Waals surface area contributed by atoms with Crippen molar-refractivity contribution in [3.05, 3.63) is 47.2 Å². The van der Waals surface area contributed by atoms with Crippen LogP contribution in [0.2, 0.25) is 0 Å². The van der Waals surface area contributed by atoms with E-state index in [9.17, 15) is 0 Å². The molecule has 0 atom stereocenters. The van der Waals surface area contributed by atoms with Crippen LogP contribution in [-0.2, 0) is 6.54 Å². The molecule has 0 amide bonds. The van der Waals surface area contributed by atoms with E-state index in [1.807, 2.05) is 29.1 Å². The molecule has 1 aromatic carbocycles. The Morgan fingerprint density at radius 3 is 3.00 bits per heavy atom. The molecule has 0 fully saturated rings. The van der Waals surface area contributed by atoms with E-state index in [2.05, 4.69) is 15.3 Å². The van der Waals surface area contributed by atoms with E-state index >= 15 is 0 Å². The van der Waals surface area contributed by atoms with Gasteiger partial charge in [0.05, 0.1) is 17.7 Å². The highest BCUT2D eigenvalue weighted by Crippen LogP contribution is 2.27. The van der Waals surface area contributed by atoms with Crippen LogP contribution in [0.1, 0.15) is 5.69 Å². The summed E-state index contributed by atoms with van der Waals surface area (Å²) in [5, 5.41) is 7.47. The van der Waals surface area contributed by atoms with E-state index < -0.39 is 0 Å². The summed E-state index contributed by atoms with van der Waals surface area (Å²) < 4.78 is 0. The maximum Gasteiger partial charge on any atom is 0.0795 e. The van der Waals surface area contributed by atoms with E-state index in [1.54, 1.807) is 23.7 Å². The molecule has 2 aromatic heterocycles. The normalized spacial score (nSPS) is 10.7. The molecule has 3 rings (SSSR count). The molecule has 5 heteroatoms. The van der Waals surface area contributed by atoms with Crippen molar-refractivity contribution < 1.29 is 0 Å². The molecule has 2 heterocycles. The van der Waals surface area contributed by atoms with Gasteiger partial charge < -0.3 is 11.1 Å². The summed E-state index contributed by atoms with van der Waals surface area (Å²) in [6.45, 7) is 0.713. The molecule has 0 saturated heterocycles. The van der Waals surface area contributed by atoms with E-state index in [0.29, 0.717) is 6.54 Å². The predicted molar refractivity (Wildman–Crippen MR) is 75.6 cm³/mol. The Kier molecular flexibility index (Phi) is 2.82. The van der Waals surface area contributed by atoms with Gasteiger partial charge in [-0.3, -0.25) is 4.98 Å². The second-order valence-corrected chi connectivity index (χ2v) is 4.68. The van der Waals surface area contributed by atoms with Crippen LogP contribution < -0.4 is 11.1 Å². The third kappa shape index (κ3) is 2.00. The lowest BCUT2D eigenvalue weighted by molar-refractivity contribution is 1.08. The Hall–Kier alpha value is -2.14. The van der Waals surface area contributed by atoms with Crippen molar-refractivity contribution in [2.75, 3.05) is 11.1 Å². The fourth-order valence-corrected chi connectivity index (χ4v) is 2.44. The highest BCUT2D eigenvalue weighted by atomic mass is 32.1. The van der Waals surface area contributed by atoms with Crippen LogP contribution in [-0.4, -0.2) is 9.97 Å². The van der Waals surface area contributed by atoms with Gasteiger partial charge in [-0.1, -0.05) is 0 Å². The Morgan fingerprint density at radius 2 is 2.17 bits per heavy atom. The maximum atomic E-state index is 5.94. The number of nitrogens with one attached hydrogen (secondary N) is 1. The van der Waals surface area contributed by atoms with Crippen molar-refractivity contribution in [2.24, 2.45) is 0 Å². The van der Waals surface area contributed by atoms with Gasteiger partial charge in [0.2, 0.25) is 0 Å². The summed E-state index contributed by atoms with van der Waals surface area (Å²) in [6, 6.07) is 5.85.